The Bertz CT molecular complexity index is 2460. The average molecular weight is 1500 g/mol. The molecule has 0 radical (unpaired) electrons. The van der Waals surface area contributed by atoms with E-state index in [0.717, 1.165) is 0 Å². The van der Waals surface area contributed by atoms with E-state index < -0.39 is 279 Å². The van der Waals surface area contributed by atoms with E-state index in [0.29, 0.717) is 24.7 Å². The first kappa shape index (κ1) is 82.8. The monoisotopic (exact) mass is 1500 g/mol. The first-order chi connectivity index (χ1) is 48.9. The van der Waals surface area contributed by atoms with Gasteiger partial charge in [-0.15, -0.1) is 0 Å². The van der Waals surface area contributed by atoms with Crippen molar-refractivity contribution >= 4 is 11.9 Å². The molecule has 21 rings (SSSR count). The van der Waals surface area contributed by atoms with Gasteiger partial charge in [0, 0.05) is 12.5 Å². The maximum atomic E-state index is 11.5. The van der Waals surface area contributed by atoms with E-state index in [1.807, 2.05) is 0 Å². The lowest BCUT2D eigenvalue weighted by Crippen LogP contribution is -2.69. The highest BCUT2D eigenvalue weighted by Crippen LogP contribution is 2.44. The smallest absolute Gasteiger partial charge is 0.331 e. The number of aliphatic carboxylic acids is 2. The minimum atomic E-state index is -2.33. The molecule has 21 N–H and O–H groups in total. The van der Waals surface area contributed by atoms with Crippen molar-refractivity contribution in [1.82, 2.24) is 0 Å². The van der Waals surface area contributed by atoms with Crippen LogP contribution in [0.3, 0.4) is 0 Å². The summed E-state index contributed by atoms with van der Waals surface area (Å²) < 4.78 is 88.6. The second-order valence-corrected chi connectivity index (χ2v) is 22.8. The maximum Gasteiger partial charge on any atom is 0.331 e. The van der Waals surface area contributed by atoms with E-state index in [1.165, 1.54) is 0 Å². The van der Waals surface area contributed by atoms with Gasteiger partial charge in [0.25, 0.3) is 0 Å². The van der Waals surface area contributed by atoms with Crippen molar-refractivity contribution in [2.24, 2.45) is 5.92 Å². The van der Waals surface area contributed by atoms with Crippen LogP contribution in [0.25, 0.3) is 0 Å². The summed E-state index contributed by atoms with van der Waals surface area (Å²) in [5.74, 6) is -4.65. The lowest BCUT2D eigenvalue weighted by atomic mass is 9.80. The van der Waals surface area contributed by atoms with Crippen molar-refractivity contribution in [3.63, 3.8) is 0 Å². The van der Waals surface area contributed by atoms with Gasteiger partial charge in [-0.2, -0.15) is 0 Å². The van der Waals surface area contributed by atoms with E-state index in [9.17, 15) is 119 Å². The molecule has 1 aliphatic carbocycles. The van der Waals surface area contributed by atoms with Crippen molar-refractivity contribution in [3.05, 3.63) is 24.7 Å². The SMILES string of the molecule is O=C(O)C=COCC1O[C@H]2OC3C(CO)O[C@@H](OC4C(CO)O[C@@H](OC5C(CO)O[C@@H](OC6C(COC=CC(=O)O)OC(OC7C(CO)O[C@@H](OC8C(CO)C[C@@H](OC1[C@H](OO)[C@@H]2OO)[C@@H](OO)[C@H]8OO)[C@@H](OO)[C@H]7OO)[C@@H](OO)[C@H]6OO)[C@@H](OO)[C@H]5OO)[C@@H](OO)[C@H]4OO)C(OO)[C@H]3OO. The van der Waals surface area contributed by atoms with Gasteiger partial charge in [-0.3, -0.25) is 73.6 Å². The Balaban J connectivity index is 1.23. The molecule has 0 spiro atoms. The summed E-state index contributed by atoms with van der Waals surface area (Å²) >= 11 is 0. The van der Waals surface area contributed by atoms with Gasteiger partial charge in [0.1, 0.15) is 86.5 Å². The molecular weight excluding hydrogens is 1420 g/mol. The Morgan fingerprint density at radius 2 is 0.495 bits per heavy atom. The fourth-order valence-electron chi connectivity index (χ4n) is 12.8. The van der Waals surface area contributed by atoms with Crippen LogP contribution >= 0.6 is 0 Å². The molecule has 20 aliphatic heterocycles. The van der Waals surface area contributed by atoms with Gasteiger partial charge < -0.3 is 107 Å². The number of carboxylic acids is 2. The van der Waals surface area contributed by atoms with Crippen LogP contribution in [0.4, 0.5) is 0 Å². The van der Waals surface area contributed by atoms with Crippen LogP contribution in [0.15, 0.2) is 24.7 Å². The molecule has 52 nitrogen and oxygen atoms in total. The molecule has 20 heterocycles. The Labute approximate surface area is 561 Å². The minimum absolute atomic E-state index is 0.462. The van der Waals surface area contributed by atoms with Gasteiger partial charge in [0.15, 0.2) is 123 Å². The standard InChI is InChI=1S/C49H76O52/c50-6-13-5-14-30(88-59)31(89-60)23(13)82-44-38(96-67)32(90-61)26(15(7-51)76-44)86-49-43(101-72)37(95-66)29(20(81-49)12-74-4-2-22(57)58)87-47-41(99-70)34(92-63)25(17(9-53)79-47)84-45-39(97-68)33(91-62)24(16(8-52)77-45)83-46-40(98-69)35(93-64)27(18(10-54)78-46)85-48-42(100-71)36(94-65)28(75-14)19(80-48)11-73-3-1-21(55)56/h1-4,13-20,23-54,59-72H,5-12H2,(H,55,56)(H,57,58)/t13?,14-,15?,16?,17?,18?,19?,20?,23?,24?,25?,26?,27?,28?,29?,30-,31+,32+,33+,34+,35+,36+,37+,38+,39+,40?,41+,42+,43+,44+,45+,46+,47+,48+,49?/m1/s1. The molecular formula is C49H76O52. The predicted molar refractivity (Wildman–Crippen MR) is 284 cm³/mol. The summed E-state index contributed by atoms with van der Waals surface area (Å²) in [4.78, 5) is 87.9. The zero-order valence-corrected chi connectivity index (χ0v) is 51.2. The van der Waals surface area contributed by atoms with E-state index in [2.05, 4.69) is 53.8 Å². The molecule has 14 bridgehead atoms. The molecule has 584 valence electrons. The molecule has 0 amide bonds. The summed E-state index contributed by atoms with van der Waals surface area (Å²) in [6.45, 7) is -7.93. The normalized spacial score (nSPS) is 45.0. The van der Waals surface area contributed by atoms with E-state index in [4.69, 9.17) is 85.7 Å². The van der Waals surface area contributed by atoms with Crippen LogP contribution in [0.1, 0.15) is 6.42 Å². The highest BCUT2D eigenvalue weighted by Gasteiger charge is 2.64. The highest BCUT2D eigenvalue weighted by atomic mass is 17.2. The number of carboxylic acid groups (broad SMARTS) is 2. The van der Waals surface area contributed by atoms with E-state index in [-0.39, 0.29) is 0 Å². The summed E-state index contributed by atoms with van der Waals surface area (Å²) in [6, 6.07) is 0. The molecule has 52 heteroatoms. The van der Waals surface area contributed by atoms with Crippen molar-refractivity contribution in [2.75, 3.05) is 46.2 Å². The highest BCUT2D eigenvalue weighted by molar-refractivity contribution is 5.79. The van der Waals surface area contributed by atoms with Crippen LogP contribution in [-0.2, 0) is 149 Å². The third-order valence-electron chi connectivity index (χ3n) is 17.4. The summed E-state index contributed by atoms with van der Waals surface area (Å²) in [5.41, 5.74) is 0. The van der Waals surface area contributed by atoms with Gasteiger partial charge in [-0.1, -0.05) is 0 Å². The number of rotatable bonds is 27. The fraction of sp³-hybridized carbons (Fsp3) is 0.878. The Kier molecular flexibility index (Phi) is 32.5. The Morgan fingerprint density at radius 1 is 0.277 bits per heavy atom. The number of hydrogen-bond acceptors (Lipinski definition) is 50. The summed E-state index contributed by atoms with van der Waals surface area (Å²) in [5, 5.41) is 220. The van der Waals surface area contributed by atoms with Gasteiger partial charge in [0.05, 0.1) is 63.3 Å². The Hall–Kier alpha value is -3.82. The molecule has 20 saturated heterocycles. The van der Waals surface area contributed by atoms with E-state index >= 15 is 0 Å². The molecule has 0 aromatic heterocycles. The fourth-order valence-corrected chi connectivity index (χ4v) is 12.8. The lowest BCUT2D eigenvalue weighted by molar-refractivity contribution is -0.484. The van der Waals surface area contributed by atoms with Gasteiger partial charge in [0.2, 0.25) is 0 Å². The number of aliphatic hydroxyl groups is 5. The zero-order chi connectivity index (χ0) is 73.4. The second kappa shape index (κ2) is 39.7. The third kappa shape index (κ3) is 18.3. The van der Waals surface area contributed by atoms with Crippen LogP contribution in [0, 0.1) is 5.92 Å². The first-order valence-electron chi connectivity index (χ1n) is 29.7. The second-order valence-electron chi connectivity index (χ2n) is 22.8. The lowest BCUT2D eigenvalue weighted by Gasteiger charge is -2.50. The van der Waals surface area contributed by atoms with Crippen molar-refractivity contribution < 1.29 is 258 Å². The van der Waals surface area contributed by atoms with Gasteiger partial charge in [-0.05, 0) is 6.42 Å². The van der Waals surface area contributed by atoms with Gasteiger partial charge in [-0.25, -0.2) is 78.0 Å². The molecule has 35 atom stereocenters. The topological polar surface area (TPSA) is 727 Å². The molecule has 0 aromatic rings. The van der Waals surface area contributed by atoms with Crippen LogP contribution in [0.5, 0.6) is 0 Å². The first-order valence-corrected chi connectivity index (χ1v) is 29.7. The maximum absolute atomic E-state index is 11.5. The number of ether oxygens (including phenoxy) is 15. The minimum Gasteiger partial charge on any atom is -0.498 e. The summed E-state index contributed by atoms with van der Waals surface area (Å²) in [7, 11) is 0. The number of hydrogen-bond donors (Lipinski definition) is 21. The van der Waals surface area contributed by atoms with Crippen LogP contribution in [0.2, 0.25) is 0 Å². The molecule has 21 aliphatic rings. The molecule has 16 unspecified atom stereocenters. The van der Waals surface area contributed by atoms with Crippen LogP contribution < -0.4 is 0 Å². The average Bonchev–Trinajstić information content (AvgIpc) is 0.769. The third-order valence-corrected chi connectivity index (χ3v) is 17.4. The molecule has 21 fully saturated rings. The van der Waals surface area contributed by atoms with Crippen molar-refractivity contribution in [2.45, 2.75) is 215 Å². The van der Waals surface area contributed by atoms with Gasteiger partial charge >= 0.3 is 11.9 Å². The Morgan fingerprint density at radius 3 is 0.723 bits per heavy atom. The quantitative estimate of drug-likeness (QED) is 0.0157. The van der Waals surface area contributed by atoms with E-state index in [1.54, 1.807) is 0 Å². The zero-order valence-electron chi connectivity index (χ0n) is 51.2. The number of carbonyl (C=O) groups is 2. The molecule has 0 aromatic carbocycles. The van der Waals surface area contributed by atoms with Crippen molar-refractivity contribution in [3.8, 4) is 0 Å². The number of aliphatic hydroxyl groups excluding tert-OH is 5. The summed E-state index contributed by atoms with van der Waals surface area (Å²) in [6.07, 6.45) is -72.4. The van der Waals surface area contributed by atoms with Crippen molar-refractivity contribution in [1.29, 1.82) is 0 Å². The predicted octanol–water partition coefficient (Wildman–Crippen LogP) is -6.36. The largest absolute Gasteiger partial charge is 0.498 e. The van der Waals surface area contributed by atoms with Crippen LogP contribution in [-0.4, -0.2) is 376 Å². The molecule has 1 saturated carbocycles. The molecule has 101 heavy (non-hydrogen) atoms.